The molecule has 0 aromatic heterocycles. The Hall–Kier alpha value is -1.36. The molecule has 1 aliphatic rings. The van der Waals surface area contributed by atoms with Crippen LogP contribution in [-0.2, 0) is 16.1 Å². The number of hydrogen-bond acceptors (Lipinski definition) is 2. The molecule has 0 unspecified atom stereocenters. The van der Waals surface area contributed by atoms with Gasteiger partial charge in [-0.25, -0.2) is 0 Å². The molecule has 1 saturated carbocycles. The smallest absolute Gasteiger partial charge is 0.223 e. The van der Waals surface area contributed by atoms with Crippen molar-refractivity contribution in [3.63, 3.8) is 0 Å². The summed E-state index contributed by atoms with van der Waals surface area (Å²) in [6.45, 7) is 2.99. The molecule has 1 aliphatic carbocycles. The highest BCUT2D eigenvalue weighted by Gasteiger charge is 2.38. The van der Waals surface area contributed by atoms with E-state index in [1.165, 1.54) is 0 Å². The van der Waals surface area contributed by atoms with Crippen LogP contribution in [0.3, 0.4) is 0 Å². The standard InChI is InChI=1S/C15H19BrN2O2/c1-10-8-13(10)15(20)17-7-6-14(19)18-9-11-2-4-12(16)5-3-11/h2-5,10,13H,6-9H2,1H3,(H,17,20)(H,18,19)/t10-,13-/m1/s1. The number of halogens is 1. The van der Waals surface area contributed by atoms with Crippen molar-refractivity contribution in [1.82, 2.24) is 10.6 Å². The number of amides is 2. The Bertz CT molecular complexity index is 487. The van der Waals surface area contributed by atoms with Gasteiger partial charge in [-0.05, 0) is 30.0 Å². The lowest BCUT2D eigenvalue weighted by molar-refractivity contribution is -0.123. The second kappa shape index (κ2) is 6.88. The monoisotopic (exact) mass is 338 g/mol. The molecule has 0 spiro atoms. The SMILES string of the molecule is C[C@@H]1C[C@H]1C(=O)NCCC(=O)NCc1ccc(Br)cc1. The number of hydrogen-bond donors (Lipinski definition) is 2. The summed E-state index contributed by atoms with van der Waals surface area (Å²) in [7, 11) is 0. The first kappa shape index (κ1) is 15.0. The van der Waals surface area contributed by atoms with Crippen molar-refractivity contribution in [2.24, 2.45) is 11.8 Å². The predicted molar refractivity (Wildman–Crippen MR) is 80.9 cm³/mol. The molecular formula is C15H19BrN2O2. The minimum absolute atomic E-state index is 0.0444. The molecule has 4 nitrogen and oxygen atoms in total. The molecule has 0 heterocycles. The first-order valence-corrected chi connectivity index (χ1v) is 7.64. The Kier molecular flexibility index (Phi) is 5.17. The summed E-state index contributed by atoms with van der Waals surface area (Å²) in [6.07, 6.45) is 1.30. The zero-order chi connectivity index (χ0) is 14.5. The van der Waals surface area contributed by atoms with E-state index < -0.39 is 0 Å². The maximum Gasteiger partial charge on any atom is 0.223 e. The Morgan fingerprint density at radius 2 is 1.90 bits per heavy atom. The number of carbonyl (C=O) groups excluding carboxylic acids is 2. The zero-order valence-corrected chi connectivity index (χ0v) is 13.1. The summed E-state index contributed by atoms with van der Waals surface area (Å²) in [6, 6.07) is 7.80. The molecular weight excluding hydrogens is 320 g/mol. The molecule has 2 N–H and O–H groups in total. The number of carbonyl (C=O) groups is 2. The molecule has 2 atom stereocenters. The van der Waals surface area contributed by atoms with Crippen LogP contribution >= 0.6 is 15.9 Å². The molecule has 108 valence electrons. The van der Waals surface area contributed by atoms with Gasteiger partial charge in [-0.1, -0.05) is 35.0 Å². The van der Waals surface area contributed by atoms with Crippen LogP contribution in [-0.4, -0.2) is 18.4 Å². The molecule has 1 aromatic carbocycles. The van der Waals surface area contributed by atoms with Gasteiger partial charge in [0.05, 0.1) is 0 Å². The van der Waals surface area contributed by atoms with Crippen LogP contribution in [0.25, 0.3) is 0 Å². The third kappa shape index (κ3) is 4.63. The summed E-state index contributed by atoms with van der Waals surface area (Å²) in [4.78, 5) is 23.2. The van der Waals surface area contributed by atoms with Crippen molar-refractivity contribution >= 4 is 27.7 Å². The lowest BCUT2D eigenvalue weighted by Gasteiger charge is -2.07. The second-order valence-corrected chi connectivity index (χ2v) is 6.18. The highest BCUT2D eigenvalue weighted by molar-refractivity contribution is 9.10. The van der Waals surface area contributed by atoms with Crippen LogP contribution < -0.4 is 10.6 Å². The molecule has 0 saturated heterocycles. The third-order valence-corrected chi connectivity index (χ3v) is 4.03. The summed E-state index contributed by atoms with van der Waals surface area (Å²) >= 11 is 3.37. The van der Waals surface area contributed by atoms with Gasteiger partial charge in [0, 0.05) is 29.9 Å². The largest absolute Gasteiger partial charge is 0.355 e. The first-order valence-electron chi connectivity index (χ1n) is 6.85. The number of benzene rings is 1. The topological polar surface area (TPSA) is 58.2 Å². The molecule has 20 heavy (non-hydrogen) atoms. The van der Waals surface area contributed by atoms with Crippen molar-refractivity contribution < 1.29 is 9.59 Å². The van der Waals surface area contributed by atoms with Crippen molar-refractivity contribution in [1.29, 1.82) is 0 Å². The third-order valence-electron chi connectivity index (χ3n) is 3.50. The van der Waals surface area contributed by atoms with E-state index in [0.29, 0.717) is 25.4 Å². The van der Waals surface area contributed by atoms with E-state index in [9.17, 15) is 9.59 Å². The highest BCUT2D eigenvalue weighted by atomic mass is 79.9. The van der Waals surface area contributed by atoms with Gasteiger partial charge in [-0.3, -0.25) is 9.59 Å². The van der Waals surface area contributed by atoms with Gasteiger partial charge < -0.3 is 10.6 Å². The maximum atomic E-state index is 11.6. The molecule has 0 radical (unpaired) electrons. The van der Waals surface area contributed by atoms with Crippen LogP contribution in [0, 0.1) is 11.8 Å². The number of nitrogens with one attached hydrogen (secondary N) is 2. The average Bonchev–Trinajstić information content (AvgIpc) is 3.15. The average molecular weight is 339 g/mol. The van der Waals surface area contributed by atoms with Crippen LogP contribution in [0.1, 0.15) is 25.3 Å². The minimum atomic E-state index is -0.0444. The number of rotatable bonds is 6. The summed E-state index contributed by atoms with van der Waals surface area (Å²) < 4.78 is 1.02. The van der Waals surface area contributed by atoms with Crippen LogP contribution in [0.2, 0.25) is 0 Å². The van der Waals surface area contributed by atoms with Gasteiger partial charge in [0.25, 0.3) is 0 Å². The Morgan fingerprint density at radius 3 is 2.50 bits per heavy atom. The first-order chi connectivity index (χ1) is 9.56. The second-order valence-electron chi connectivity index (χ2n) is 5.26. The van der Waals surface area contributed by atoms with Crippen molar-refractivity contribution in [2.45, 2.75) is 26.3 Å². The van der Waals surface area contributed by atoms with E-state index in [1.54, 1.807) is 0 Å². The molecule has 0 bridgehead atoms. The van der Waals surface area contributed by atoms with Crippen molar-refractivity contribution in [2.75, 3.05) is 6.54 Å². The van der Waals surface area contributed by atoms with Gasteiger partial charge in [0.15, 0.2) is 0 Å². The Morgan fingerprint density at radius 1 is 1.25 bits per heavy atom. The van der Waals surface area contributed by atoms with E-state index >= 15 is 0 Å². The van der Waals surface area contributed by atoms with E-state index in [-0.39, 0.29) is 17.7 Å². The Labute approximate surface area is 127 Å². The van der Waals surface area contributed by atoms with Crippen molar-refractivity contribution in [3.05, 3.63) is 34.3 Å². The molecule has 1 aromatic rings. The van der Waals surface area contributed by atoms with Crippen molar-refractivity contribution in [3.8, 4) is 0 Å². The van der Waals surface area contributed by atoms with E-state index in [4.69, 9.17) is 0 Å². The molecule has 2 amide bonds. The van der Waals surface area contributed by atoms with Gasteiger partial charge in [-0.15, -0.1) is 0 Å². The van der Waals surface area contributed by atoms with E-state index in [1.807, 2.05) is 24.3 Å². The minimum Gasteiger partial charge on any atom is -0.355 e. The fourth-order valence-corrected chi connectivity index (χ4v) is 2.27. The fraction of sp³-hybridized carbons (Fsp3) is 0.467. The van der Waals surface area contributed by atoms with Crippen LogP contribution in [0.5, 0.6) is 0 Å². The molecule has 1 fully saturated rings. The maximum absolute atomic E-state index is 11.6. The van der Waals surface area contributed by atoms with E-state index in [2.05, 4.69) is 33.5 Å². The van der Waals surface area contributed by atoms with E-state index in [0.717, 1.165) is 16.5 Å². The highest BCUT2D eigenvalue weighted by Crippen LogP contribution is 2.37. The fourth-order valence-electron chi connectivity index (χ4n) is 2.01. The summed E-state index contributed by atoms with van der Waals surface area (Å²) in [5.74, 6) is 0.706. The molecule has 0 aliphatic heterocycles. The van der Waals surface area contributed by atoms with Gasteiger partial charge in [0.2, 0.25) is 11.8 Å². The summed E-state index contributed by atoms with van der Waals surface area (Å²) in [5, 5.41) is 5.65. The van der Waals surface area contributed by atoms with Gasteiger partial charge in [0.1, 0.15) is 0 Å². The summed E-state index contributed by atoms with van der Waals surface area (Å²) in [5.41, 5.74) is 1.05. The lowest BCUT2D eigenvalue weighted by Crippen LogP contribution is -2.31. The predicted octanol–water partition coefficient (Wildman–Crippen LogP) is 2.23. The zero-order valence-electron chi connectivity index (χ0n) is 11.5. The normalized spacial score (nSPS) is 20.3. The van der Waals surface area contributed by atoms with Crippen LogP contribution in [0.15, 0.2) is 28.7 Å². The molecule has 5 heteroatoms. The quantitative estimate of drug-likeness (QED) is 0.835. The van der Waals surface area contributed by atoms with Gasteiger partial charge >= 0.3 is 0 Å². The van der Waals surface area contributed by atoms with Crippen LogP contribution in [0.4, 0.5) is 0 Å². The Balaban J connectivity index is 1.60. The van der Waals surface area contributed by atoms with Gasteiger partial charge in [-0.2, -0.15) is 0 Å². The lowest BCUT2D eigenvalue weighted by atomic mass is 10.2. The molecule has 2 rings (SSSR count).